The van der Waals surface area contributed by atoms with Crippen LogP contribution in [-0.4, -0.2) is 40.1 Å². The summed E-state index contributed by atoms with van der Waals surface area (Å²) in [6.07, 6.45) is 1.05. The third-order valence-electron chi connectivity index (χ3n) is 3.86. The van der Waals surface area contributed by atoms with Gasteiger partial charge in [-0.3, -0.25) is 14.6 Å². The van der Waals surface area contributed by atoms with Gasteiger partial charge in [0.25, 0.3) is 11.5 Å². The first-order chi connectivity index (χ1) is 11.1. The molecular weight excluding hydrogens is 298 g/mol. The first-order valence-corrected chi connectivity index (χ1v) is 7.32. The van der Waals surface area contributed by atoms with Crippen LogP contribution in [0.3, 0.4) is 0 Å². The van der Waals surface area contributed by atoms with Gasteiger partial charge in [0.15, 0.2) is 0 Å². The maximum atomic E-state index is 12.6. The molecule has 0 aliphatic carbocycles. The number of aromatic amines is 1. The van der Waals surface area contributed by atoms with Crippen molar-refractivity contribution in [3.05, 3.63) is 68.5 Å². The van der Waals surface area contributed by atoms with Crippen molar-refractivity contribution in [2.45, 2.75) is 6.10 Å². The molecule has 1 unspecified atom stereocenters. The third-order valence-corrected chi connectivity index (χ3v) is 3.86. The Hall–Kier alpha value is -2.67. The zero-order chi connectivity index (χ0) is 16.4. The summed E-state index contributed by atoms with van der Waals surface area (Å²) in [6, 6.07) is 9.63. The minimum atomic E-state index is -0.666. The maximum absolute atomic E-state index is 12.6. The molecule has 0 bridgehead atoms. The number of H-pyrrole nitrogens is 1. The van der Waals surface area contributed by atoms with Gasteiger partial charge in [0, 0.05) is 19.8 Å². The standard InChI is InChI=1S/C16H17N3O4/c1-18-9-12(14(20)17-16(18)22)15(21)19-7-8-23-13(10-19)11-5-3-2-4-6-11/h2-6,9,13H,7-8,10H2,1H3,(H,17,20,22). The number of nitrogens with one attached hydrogen (secondary N) is 1. The van der Waals surface area contributed by atoms with Crippen LogP contribution in [0.4, 0.5) is 0 Å². The Bertz CT molecular complexity index is 825. The lowest BCUT2D eigenvalue weighted by atomic mass is 10.1. The minimum absolute atomic E-state index is 0.0409. The molecule has 1 atom stereocenters. The van der Waals surface area contributed by atoms with E-state index in [1.165, 1.54) is 17.8 Å². The molecule has 1 N–H and O–H groups in total. The number of rotatable bonds is 2. The second-order valence-corrected chi connectivity index (χ2v) is 5.43. The van der Waals surface area contributed by atoms with Crippen molar-refractivity contribution < 1.29 is 9.53 Å². The molecule has 7 nitrogen and oxygen atoms in total. The molecule has 0 spiro atoms. The fraction of sp³-hybridized carbons (Fsp3) is 0.312. The number of nitrogens with zero attached hydrogens (tertiary/aromatic N) is 2. The average molecular weight is 315 g/mol. The average Bonchev–Trinajstić information content (AvgIpc) is 2.58. The van der Waals surface area contributed by atoms with Gasteiger partial charge in [-0.2, -0.15) is 0 Å². The van der Waals surface area contributed by atoms with Gasteiger partial charge < -0.3 is 14.2 Å². The number of ether oxygens (including phenoxy) is 1. The summed E-state index contributed by atoms with van der Waals surface area (Å²) in [5.74, 6) is -0.397. The topological polar surface area (TPSA) is 84.4 Å². The number of morpholine rings is 1. The van der Waals surface area contributed by atoms with E-state index in [-0.39, 0.29) is 11.7 Å². The molecule has 3 rings (SSSR count). The van der Waals surface area contributed by atoms with Gasteiger partial charge in [-0.1, -0.05) is 30.3 Å². The van der Waals surface area contributed by atoms with Gasteiger partial charge >= 0.3 is 5.69 Å². The Labute approximate surface area is 132 Å². The molecular formula is C16H17N3O4. The summed E-state index contributed by atoms with van der Waals surface area (Å²) in [4.78, 5) is 39.6. The molecule has 120 valence electrons. The van der Waals surface area contributed by atoms with E-state index < -0.39 is 17.2 Å². The predicted molar refractivity (Wildman–Crippen MR) is 83.3 cm³/mol. The van der Waals surface area contributed by atoms with Crippen LogP contribution in [-0.2, 0) is 11.8 Å². The normalized spacial score (nSPS) is 18.0. The molecule has 0 saturated carbocycles. The van der Waals surface area contributed by atoms with Crippen LogP contribution in [0.25, 0.3) is 0 Å². The second kappa shape index (κ2) is 6.21. The van der Waals surface area contributed by atoms with Gasteiger partial charge in [-0.15, -0.1) is 0 Å². The van der Waals surface area contributed by atoms with Crippen LogP contribution in [0.15, 0.2) is 46.1 Å². The molecule has 1 aromatic carbocycles. The summed E-state index contributed by atoms with van der Waals surface area (Å²) >= 11 is 0. The highest BCUT2D eigenvalue weighted by Crippen LogP contribution is 2.22. The van der Waals surface area contributed by atoms with E-state index in [4.69, 9.17) is 4.74 Å². The number of benzene rings is 1. The van der Waals surface area contributed by atoms with E-state index >= 15 is 0 Å². The maximum Gasteiger partial charge on any atom is 0.328 e. The van der Waals surface area contributed by atoms with Crippen LogP contribution in [0.1, 0.15) is 22.0 Å². The van der Waals surface area contributed by atoms with Crippen molar-refractivity contribution in [1.82, 2.24) is 14.5 Å². The Morgan fingerprint density at radius 3 is 2.74 bits per heavy atom. The van der Waals surface area contributed by atoms with Crippen LogP contribution in [0.5, 0.6) is 0 Å². The van der Waals surface area contributed by atoms with Crippen LogP contribution >= 0.6 is 0 Å². The molecule has 1 fully saturated rings. The highest BCUT2D eigenvalue weighted by Gasteiger charge is 2.27. The summed E-state index contributed by atoms with van der Waals surface area (Å²) in [5.41, 5.74) is -0.267. The zero-order valence-corrected chi connectivity index (χ0v) is 12.7. The number of carbonyl (C=O) groups is 1. The molecule has 1 aliphatic heterocycles. The van der Waals surface area contributed by atoms with Crippen molar-refractivity contribution in [1.29, 1.82) is 0 Å². The Morgan fingerprint density at radius 1 is 1.26 bits per heavy atom. The lowest BCUT2D eigenvalue weighted by Gasteiger charge is -2.33. The molecule has 2 aromatic rings. The van der Waals surface area contributed by atoms with Crippen LogP contribution < -0.4 is 11.2 Å². The van der Waals surface area contributed by atoms with Gasteiger partial charge in [0.1, 0.15) is 11.7 Å². The Balaban J connectivity index is 1.84. The van der Waals surface area contributed by atoms with Crippen molar-refractivity contribution in [2.24, 2.45) is 7.05 Å². The Kier molecular flexibility index (Phi) is 4.12. The summed E-state index contributed by atoms with van der Waals surface area (Å²) in [5, 5.41) is 0. The second-order valence-electron chi connectivity index (χ2n) is 5.43. The molecule has 2 heterocycles. The van der Waals surface area contributed by atoms with E-state index in [0.717, 1.165) is 5.56 Å². The zero-order valence-electron chi connectivity index (χ0n) is 12.7. The van der Waals surface area contributed by atoms with Gasteiger partial charge in [0.2, 0.25) is 0 Å². The first-order valence-electron chi connectivity index (χ1n) is 7.32. The van der Waals surface area contributed by atoms with Crippen molar-refractivity contribution >= 4 is 5.91 Å². The van der Waals surface area contributed by atoms with Crippen molar-refractivity contribution in [2.75, 3.05) is 19.7 Å². The third kappa shape index (κ3) is 3.09. The van der Waals surface area contributed by atoms with E-state index in [1.807, 2.05) is 30.3 Å². The number of hydrogen-bond acceptors (Lipinski definition) is 4. The van der Waals surface area contributed by atoms with E-state index in [2.05, 4.69) is 4.98 Å². The largest absolute Gasteiger partial charge is 0.370 e. The molecule has 23 heavy (non-hydrogen) atoms. The van der Waals surface area contributed by atoms with Crippen molar-refractivity contribution in [3.8, 4) is 0 Å². The summed E-state index contributed by atoms with van der Waals surface area (Å²) in [6.45, 7) is 1.17. The molecule has 1 amide bonds. The smallest absolute Gasteiger partial charge is 0.328 e. The first kappa shape index (κ1) is 15.2. The molecule has 0 radical (unpaired) electrons. The fourth-order valence-electron chi connectivity index (χ4n) is 2.59. The number of aryl methyl sites for hydroxylation is 1. The quantitative estimate of drug-likeness (QED) is 0.863. The predicted octanol–water partition coefficient (Wildman–Crippen LogP) is 0.287. The SMILES string of the molecule is Cn1cc(C(=O)N2CCOC(c3ccccc3)C2)c(=O)[nH]c1=O. The fourth-order valence-corrected chi connectivity index (χ4v) is 2.59. The monoisotopic (exact) mass is 315 g/mol. The van der Waals surface area contributed by atoms with Crippen LogP contribution in [0, 0.1) is 0 Å². The van der Waals surface area contributed by atoms with Crippen LogP contribution in [0.2, 0.25) is 0 Å². The van der Waals surface area contributed by atoms with E-state index in [0.29, 0.717) is 19.7 Å². The highest BCUT2D eigenvalue weighted by atomic mass is 16.5. The number of amides is 1. The lowest BCUT2D eigenvalue weighted by molar-refractivity contribution is -0.0229. The summed E-state index contributed by atoms with van der Waals surface area (Å²) < 4.78 is 6.90. The summed E-state index contributed by atoms with van der Waals surface area (Å²) in [7, 11) is 1.49. The Morgan fingerprint density at radius 2 is 2.00 bits per heavy atom. The minimum Gasteiger partial charge on any atom is -0.370 e. The number of carbonyl (C=O) groups excluding carboxylic acids is 1. The van der Waals surface area contributed by atoms with E-state index in [9.17, 15) is 14.4 Å². The molecule has 1 aromatic heterocycles. The van der Waals surface area contributed by atoms with Gasteiger partial charge in [-0.05, 0) is 5.56 Å². The molecule has 1 aliphatic rings. The van der Waals surface area contributed by atoms with Gasteiger partial charge in [0.05, 0.1) is 13.2 Å². The molecule has 1 saturated heterocycles. The number of aromatic nitrogens is 2. The van der Waals surface area contributed by atoms with E-state index in [1.54, 1.807) is 4.90 Å². The van der Waals surface area contributed by atoms with Gasteiger partial charge in [-0.25, -0.2) is 4.79 Å². The van der Waals surface area contributed by atoms with Crippen molar-refractivity contribution in [3.63, 3.8) is 0 Å². The lowest BCUT2D eigenvalue weighted by Crippen LogP contribution is -2.45. The molecule has 7 heteroatoms. The highest BCUT2D eigenvalue weighted by molar-refractivity contribution is 5.93. The number of hydrogen-bond donors (Lipinski definition) is 1.